The van der Waals surface area contributed by atoms with Crippen molar-refractivity contribution >= 4 is 6.21 Å². The van der Waals surface area contributed by atoms with Crippen LogP contribution in [0.25, 0.3) is 0 Å². The summed E-state index contributed by atoms with van der Waals surface area (Å²) in [6, 6.07) is 5.37. The van der Waals surface area contributed by atoms with Gasteiger partial charge in [-0.25, -0.2) is 0 Å². The van der Waals surface area contributed by atoms with E-state index in [1.165, 1.54) is 6.21 Å². The molecule has 0 amide bonds. The van der Waals surface area contributed by atoms with Gasteiger partial charge in [0.2, 0.25) is 0 Å². The van der Waals surface area contributed by atoms with Gasteiger partial charge >= 0.3 is 0 Å². The summed E-state index contributed by atoms with van der Waals surface area (Å²) in [6.07, 6.45) is 3.44. The number of hydrogen-bond donors (Lipinski definition) is 1. The van der Waals surface area contributed by atoms with Gasteiger partial charge in [0.1, 0.15) is 0 Å². The molecular weight excluding hydrogens is 206 g/mol. The van der Waals surface area contributed by atoms with Gasteiger partial charge in [-0.1, -0.05) is 18.5 Å². The standard InChI is InChI=1S/C12H17NO3/c1-3-4-7-16-12-8-10(9-13-14)5-6-11(12)15-2/h5-6,8-9,14H,3-4,7H2,1-2H3/b13-9-. The van der Waals surface area contributed by atoms with Crippen LogP contribution in [0.3, 0.4) is 0 Å². The molecule has 0 aliphatic rings. The van der Waals surface area contributed by atoms with Crippen LogP contribution in [-0.2, 0) is 0 Å². The Hall–Kier alpha value is -1.71. The number of oxime groups is 1. The van der Waals surface area contributed by atoms with Crippen LogP contribution < -0.4 is 9.47 Å². The Balaban J connectivity index is 2.80. The summed E-state index contributed by atoms with van der Waals surface area (Å²) in [5, 5.41) is 11.4. The zero-order valence-corrected chi connectivity index (χ0v) is 9.64. The zero-order chi connectivity index (χ0) is 11.8. The van der Waals surface area contributed by atoms with Gasteiger partial charge in [0.25, 0.3) is 0 Å². The summed E-state index contributed by atoms with van der Waals surface area (Å²) in [7, 11) is 1.60. The Labute approximate surface area is 95.5 Å². The molecule has 88 valence electrons. The maximum atomic E-state index is 8.45. The fraction of sp³-hybridized carbons (Fsp3) is 0.417. The third-order valence-electron chi connectivity index (χ3n) is 2.15. The Bertz CT molecular complexity index is 350. The second-order valence-electron chi connectivity index (χ2n) is 3.36. The van der Waals surface area contributed by atoms with E-state index in [2.05, 4.69) is 12.1 Å². The van der Waals surface area contributed by atoms with E-state index < -0.39 is 0 Å². The molecule has 16 heavy (non-hydrogen) atoms. The van der Waals surface area contributed by atoms with Crippen molar-refractivity contribution in [3.8, 4) is 11.5 Å². The van der Waals surface area contributed by atoms with Crippen molar-refractivity contribution < 1.29 is 14.7 Å². The molecule has 0 unspecified atom stereocenters. The molecule has 0 atom stereocenters. The number of methoxy groups -OCH3 is 1. The SMILES string of the molecule is CCCCOc1cc(/C=N\O)ccc1OC. The van der Waals surface area contributed by atoms with Gasteiger partial charge in [-0.15, -0.1) is 0 Å². The summed E-state index contributed by atoms with van der Waals surface area (Å²) < 4.78 is 10.8. The first kappa shape index (κ1) is 12.4. The fourth-order valence-corrected chi connectivity index (χ4v) is 1.28. The molecule has 0 aliphatic heterocycles. The lowest BCUT2D eigenvalue weighted by Gasteiger charge is -2.10. The van der Waals surface area contributed by atoms with Gasteiger partial charge in [-0.3, -0.25) is 0 Å². The lowest BCUT2D eigenvalue weighted by molar-refractivity contribution is 0.288. The molecule has 4 heteroatoms. The van der Waals surface area contributed by atoms with Crippen molar-refractivity contribution in [2.24, 2.45) is 5.16 Å². The number of ether oxygens (including phenoxy) is 2. The van der Waals surface area contributed by atoms with E-state index in [1.807, 2.05) is 0 Å². The molecule has 0 radical (unpaired) electrons. The van der Waals surface area contributed by atoms with E-state index in [0.29, 0.717) is 18.1 Å². The fourth-order valence-electron chi connectivity index (χ4n) is 1.28. The third kappa shape index (κ3) is 3.46. The van der Waals surface area contributed by atoms with E-state index >= 15 is 0 Å². The molecule has 0 bridgehead atoms. The molecule has 0 aliphatic carbocycles. The number of unbranched alkanes of at least 4 members (excludes halogenated alkanes) is 1. The van der Waals surface area contributed by atoms with E-state index in [1.54, 1.807) is 25.3 Å². The summed E-state index contributed by atoms with van der Waals surface area (Å²) in [4.78, 5) is 0. The largest absolute Gasteiger partial charge is 0.493 e. The molecule has 1 N–H and O–H groups in total. The average Bonchev–Trinajstić information content (AvgIpc) is 2.30. The topological polar surface area (TPSA) is 51.0 Å². The minimum Gasteiger partial charge on any atom is -0.493 e. The van der Waals surface area contributed by atoms with E-state index in [-0.39, 0.29) is 0 Å². The lowest BCUT2D eigenvalue weighted by Crippen LogP contribution is -1.99. The molecule has 4 nitrogen and oxygen atoms in total. The minimum atomic E-state index is 0.659. The number of rotatable bonds is 6. The summed E-state index contributed by atoms with van der Waals surface area (Å²) in [5.74, 6) is 1.36. The quantitative estimate of drug-likeness (QED) is 0.349. The first-order chi connectivity index (χ1) is 7.81. The normalized spacial score (nSPS) is 10.6. The van der Waals surface area contributed by atoms with Gasteiger partial charge in [-0.2, -0.15) is 0 Å². The highest BCUT2D eigenvalue weighted by Gasteiger charge is 2.04. The number of nitrogens with zero attached hydrogens (tertiary/aromatic N) is 1. The molecular formula is C12H17NO3. The van der Waals surface area contributed by atoms with E-state index in [4.69, 9.17) is 14.7 Å². The monoisotopic (exact) mass is 223 g/mol. The second kappa shape index (κ2) is 6.71. The van der Waals surface area contributed by atoms with Crippen LogP contribution in [0.5, 0.6) is 11.5 Å². The Morgan fingerprint density at radius 3 is 2.81 bits per heavy atom. The second-order valence-corrected chi connectivity index (χ2v) is 3.36. The van der Waals surface area contributed by atoms with Crippen LogP contribution in [0.4, 0.5) is 0 Å². The van der Waals surface area contributed by atoms with Gasteiger partial charge in [0.15, 0.2) is 11.5 Å². The molecule has 0 spiro atoms. The maximum Gasteiger partial charge on any atom is 0.161 e. The highest BCUT2D eigenvalue weighted by molar-refractivity contribution is 5.80. The molecule has 0 saturated heterocycles. The molecule has 1 rings (SSSR count). The Kier molecular flexibility index (Phi) is 5.19. The summed E-state index contributed by atoms with van der Waals surface area (Å²) in [5.41, 5.74) is 0.773. The lowest BCUT2D eigenvalue weighted by atomic mass is 10.2. The maximum absolute atomic E-state index is 8.45. The smallest absolute Gasteiger partial charge is 0.161 e. The van der Waals surface area contributed by atoms with Gasteiger partial charge < -0.3 is 14.7 Å². The average molecular weight is 223 g/mol. The highest BCUT2D eigenvalue weighted by Crippen LogP contribution is 2.27. The molecule has 1 aromatic rings. The van der Waals surface area contributed by atoms with Crippen LogP contribution in [0.2, 0.25) is 0 Å². The first-order valence-corrected chi connectivity index (χ1v) is 5.30. The minimum absolute atomic E-state index is 0.659. The van der Waals surface area contributed by atoms with Crippen molar-refractivity contribution in [1.82, 2.24) is 0 Å². The van der Waals surface area contributed by atoms with Crippen LogP contribution in [0, 0.1) is 0 Å². The Morgan fingerprint density at radius 2 is 2.19 bits per heavy atom. The number of hydrogen-bond acceptors (Lipinski definition) is 4. The van der Waals surface area contributed by atoms with Gasteiger partial charge in [0, 0.05) is 5.56 Å². The van der Waals surface area contributed by atoms with Crippen LogP contribution in [0.1, 0.15) is 25.3 Å². The van der Waals surface area contributed by atoms with Crippen LogP contribution in [-0.4, -0.2) is 25.1 Å². The third-order valence-corrected chi connectivity index (χ3v) is 2.15. The summed E-state index contributed by atoms with van der Waals surface area (Å²) in [6.45, 7) is 2.77. The summed E-state index contributed by atoms with van der Waals surface area (Å²) >= 11 is 0. The Morgan fingerprint density at radius 1 is 1.38 bits per heavy atom. The van der Waals surface area contributed by atoms with E-state index in [9.17, 15) is 0 Å². The molecule has 0 saturated carbocycles. The first-order valence-electron chi connectivity index (χ1n) is 5.30. The number of benzene rings is 1. The highest BCUT2D eigenvalue weighted by atomic mass is 16.5. The van der Waals surface area contributed by atoms with Gasteiger partial charge in [-0.05, 0) is 24.6 Å². The zero-order valence-electron chi connectivity index (χ0n) is 9.64. The van der Waals surface area contributed by atoms with Crippen LogP contribution in [0.15, 0.2) is 23.4 Å². The predicted octanol–water partition coefficient (Wildman–Crippen LogP) is 2.68. The van der Waals surface area contributed by atoms with Crippen LogP contribution >= 0.6 is 0 Å². The molecule has 0 heterocycles. The van der Waals surface area contributed by atoms with Crippen molar-refractivity contribution in [1.29, 1.82) is 0 Å². The molecule has 1 aromatic carbocycles. The van der Waals surface area contributed by atoms with Crippen molar-refractivity contribution in [2.45, 2.75) is 19.8 Å². The molecule has 0 aromatic heterocycles. The van der Waals surface area contributed by atoms with Crippen molar-refractivity contribution in [2.75, 3.05) is 13.7 Å². The van der Waals surface area contributed by atoms with Crippen molar-refractivity contribution in [3.05, 3.63) is 23.8 Å². The predicted molar refractivity (Wildman–Crippen MR) is 62.8 cm³/mol. The van der Waals surface area contributed by atoms with Gasteiger partial charge in [0.05, 0.1) is 19.9 Å². The molecule has 0 fully saturated rings. The van der Waals surface area contributed by atoms with E-state index in [0.717, 1.165) is 18.4 Å². The van der Waals surface area contributed by atoms with Crippen molar-refractivity contribution in [3.63, 3.8) is 0 Å².